The number of rotatable bonds is 7. The molecule has 1 aliphatic heterocycles. The average molecular weight is 428 g/mol. The fraction of sp³-hybridized carbons (Fsp3) is 0.435. The zero-order valence-corrected chi connectivity index (χ0v) is 18.1. The van der Waals surface area contributed by atoms with Gasteiger partial charge in [-0.1, -0.05) is 32.0 Å². The molecule has 0 bridgehead atoms. The highest BCUT2D eigenvalue weighted by Crippen LogP contribution is 2.16. The molecule has 0 spiro atoms. The zero-order valence-electron chi connectivity index (χ0n) is 18.1. The van der Waals surface area contributed by atoms with Gasteiger partial charge in [0, 0.05) is 31.9 Å². The average Bonchev–Trinajstić information content (AvgIpc) is 3.32. The SMILES string of the molecule is CC(C)[C@H](NC(=O)c1ccco1)C(=O)O[C@@H](C)C(=O)N1CCN(c2ccccc2)CC1. The molecule has 1 aliphatic rings. The van der Waals surface area contributed by atoms with E-state index in [0.717, 1.165) is 5.69 Å². The van der Waals surface area contributed by atoms with Crippen LogP contribution in [0.1, 0.15) is 31.3 Å². The van der Waals surface area contributed by atoms with E-state index in [1.807, 2.05) is 30.3 Å². The highest BCUT2D eigenvalue weighted by molar-refractivity contribution is 5.95. The minimum Gasteiger partial charge on any atom is -0.459 e. The number of piperazine rings is 1. The number of nitrogens with zero attached hydrogens (tertiary/aromatic N) is 2. The lowest BCUT2D eigenvalue weighted by molar-refractivity contribution is -0.161. The normalized spacial score (nSPS) is 16.0. The molecule has 3 rings (SSSR count). The van der Waals surface area contributed by atoms with Gasteiger partial charge in [-0.15, -0.1) is 0 Å². The van der Waals surface area contributed by atoms with Gasteiger partial charge in [0.25, 0.3) is 11.8 Å². The second-order valence-electron chi connectivity index (χ2n) is 7.90. The van der Waals surface area contributed by atoms with Crippen molar-refractivity contribution < 1.29 is 23.5 Å². The molecule has 2 heterocycles. The summed E-state index contributed by atoms with van der Waals surface area (Å²) >= 11 is 0. The second kappa shape index (κ2) is 10.1. The number of para-hydroxylation sites is 1. The Kier molecular flexibility index (Phi) is 7.33. The van der Waals surface area contributed by atoms with Gasteiger partial charge in [0.05, 0.1) is 6.26 Å². The van der Waals surface area contributed by atoms with Gasteiger partial charge < -0.3 is 24.3 Å². The predicted molar refractivity (Wildman–Crippen MR) is 116 cm³/mol. The highest BCUT2D eigenvalue weighted by Gasteiger charge is 2.32. The fourth-order valence-corrected chi connectivity index (χ4v) is 3.50. The van der Waals surface area contributed by atoms with Crippen molar-refractivity contribution in [3.05, 3.63) is 54.5 Å². The van der Waals surface area contributed by atoms with Crippen LogP contribution in [-0.4, -0.2) is 61.0 Å². The number of hydrogen-bond donors (Lipinski definition) is 1. The quantitative estimate of drug-likeness (QED) is 0.682. The molecule has 0 radical (unpaired) electrons. The van der Waals surface area contributed by atoms with E-state index in [4.69, 9.17) is 9.15 Å². The molecule has 0 aliphatic carbocycles. The van der Waals surface area contributed by atoms with E-state index in [1.165, 1.54) is 12.3 Å². The van der Waals surface area contributed by atoms with E-state index in [9.17, 15) is 14.4 Å². The third-order valence-corrected chi connectivity index (χ3v) is 5.31. The summed E-state index contributed by atoms with van der Waals surface area (Å²) in [5.41, 5.74) is 1.13. The summed E-state index contributed by atoms with van der Waals surface area (Å²) in [5.74, 6) is -1.49. The molecule has 8 nitrogen and oxygen atoms in total. The Balaban J connectivity index is 1.53. The fourth-order valence-electron chi connectivity index (χ4n) is 3.50. The number of carbonyl (C=O) groups excluding carboxylic acids is 3. The summed E-state index contributed by atoms with van der Waals surface area (Å²) in [6.45, 7) is 7.69. The molecule has 1 aromatic heterocycles. The minimum atomic E-state index is -0.933. The van der Waals surface area contributed by atoms with Gasteiger partial charge in [-0.3, -0.25) is 9.59 Å². The molecule has 0 unspecified atom stereocenters. The standard InChI is InChI=1S/C23H29N3O5/c1-16(2)20(24-21(27)19-10-7-15-30-19)23(29)31-17(3)22(28)26-13-11-25(12-14-26)18-8-5-4-6-9-18/h4-10,15-17,20H,11-14H2,1-3H3,(H,24,27)/t17-,20-/m0/s1. The Morgan fingerprint density at radius 1 is 0.968 bits per heavy atom. The van der Waals surface area contributed by atoms with Crippen LogP contribution in [-0.2, 0) is 14.3 Å². The summed E-state index contributed by atoms with van der Waals surface area (Å²) in [7, 11) is 0. The van der Waals surface area contributed by atoms with E-state index in [1.54, 1.807) is 31.7 Å². The lowest BCUT2D eigenvalue weighted by Gasteiger charge is -2.37. The molecule has 166 valence electrons. The number of esters is 1. The third-order valence-electron chi connectivity index (χ3n) is 5.31. The maximum atomic E-state index is 12.8. The van der Waals surface area contributed by atoms with E-state index in [0.29, 0.717) is 26.2 Å². The number of nitrogens with one attached hydrogen (secondary N) is 1. The van der Waals surface area contributed by atoms with Crippen LogP contribution in [0.5, 0.6) is 0 Å². The van der Waals surface area contributed by atoms with Gasteiger partial charge >= 0.3 is 5.97 Å². The molecule has 2 aromatic rings. The van der Waals surface area contributed by atoms with E-state index in [2.05, 4.69) is 10.2 Å². The van der Waals surface area contributed by atoms with Crippen molar-refractivity contribution in [1.82, 2.24) is 10.2 Å². The van der Waals surface area contributed by atoms with Crippen molar-refractivity contribution in [2.24, 2.45) is 5.92 Å². The molecule has 2 amide bonds. The van der Waals surface area contributed by atoms with Gasteiger partial charge in [0.15, 0.2) is 11.9 Å². The molecule has 31 heavy (non-hydrogen) atoms. The van der Waals surface area contributed by atoms with Crippen molar-refractivity contribution in [2.75, 3.05) is 31.1 Å². The molecule has 0 saturated carbocycles. The Hall–Kier alpha value is -3.29. The second-order valence-corrected chi connectivity index (χ2v) is 7.90. The number of ether oxygens (including phenoxy) is 1. The summed E-state index contributed by atoms with van der Waals surface area (Å²) in [5, 5.41) is 2.63. The van der Waals surface area contributed by atoms with Crippen molar-refractivity contribution in [2.45, 2.75) is 32.9 Å². The first-order valence-corrected chi connectivity index (χ1v) is 10.5. The third kappa shape index (κ3) is 5.65. The van der Waals surface area contributed by atoms with E-state index >= 15 is 0 Å². The largest absolute Gasteiger partial charge is 0.459 e. The number of anilines is 1. The maximum Gasteiger partial charge on any atom is 0.329 e. The summed E-state index contributed by atoms with van der Waals surface area (Å²) in [6, 6.07) is 12.3. The number of hydrogen-bond acceptors (Lipinski definition) is 6. The van der Waals surface area contributed by atoms with Gasteiger partial charge in [0.2, 0.25) is 0 Å². The monoisotopic (exact) mass is 427 g/mol. The molecule has 2 atom stereocenters. The van der Waals surface area contributed by atoms with Gasteiger partial charge in [-0.05, 0) is 37.1 Å². The topological polar surface area (TPSA) is 92.1 Å². The molecule has 8 heteroatoms. The van der Waals surface area contributed by atoms with Gasteiger partial charge in [-0.25, -0.2) is 4.79 Å². The highest BCUT2D eigenvalue weighted by atomic mass is 16.5. The first kappa shape index (κ1) is 22.4. The smallest absolute Gasteiger partial charge is 0.329 e. The lowest BCUT2D eigenvalue weighted by atomic mass is 10.0. The number of carbonyl (C=O) groups is 3. The van der Waals surface area contributed by atoms with Crippen LogP contribution in [0.25, 0.3) is 0 Å². The minimum absolute atomic E-state index is 0.110. The molecule has 1 saturated heterocycles. The van der Waals surface area contributed by atoms with Crippen molar-refractivity contribution in [1.29, 1.82) is 0 Å². The van der Waals surface area contributed by atoms with Crippen LogP contribution in [0, 0.1) is 5.92 Å². The number of furan rings is 1. The first-order chi connectivity index (χ1) is 14.9. The van der Waals surface area contributed by atoms with Crippen LogP contribution in [0.4, 0.5) is 5.69 Å². The van der Waals surface area contributed by atoms with Crippen LogP contribution >= 0.6 is 0 Å². The first-order valence-electron chi connectivity index (χ1n) is 10.5. The van der Waals surface area contributed by atoms with Crippen LogP contribution < -0.4 is 10.2 Å². The van der Waals surface area contributed by atoms with Crippen LogP contribution in [0.15, 0.2) is 53.1 Å². The Bertz CT molecular complexity index is 874. The predicted octanol–water partition coefficient (Wildman–Crippen LogP) is 2.31. The number of amides is 2. The maximum absolute atomic E-state index is 12.8. The van der Waals surface area contributed by atoms with Crippen LogP contribution in [0.3, 0.4) is 0 Å². The Labute approximate surface area is 182 Å². The van der Waals surface area contributed by atoms with Crippen LogP contribution in [0.2, 0.25) is 0 Å². The zero-order chi connectivity index (χ0) is 22.4. The Morgan fingerprint density at radius 2 is 1.65 bits per heavy atom. The molecular formula is C23H29N3O5. The molecule has 1 fully saturated rings. The van der Waals surface area contributed by atoms with Crippen molar-refractivity contribution in [3.8, 4) is 0 Å². The number of benzene rings is 1. The van der Waals surface area contributed by atoms with E-state index < -0.39 is 24.0 Å². The van der Waals surface area contributed by atoms with Gasteiger partial charge in [0.1, 0.15) is 6.04 Å². The van der Waals surface area contributed by atoms with Crippen molar-refractivity contribution >= 4 is 23.5 Å². The van der Waals surface area contributed by atoms with Gasteiger partial charge in [-0.2, -0.15) is 0 Å². The molecule has 1 aromatic carbocycles. The summed E-state index contributed by atoms with van der Waals surface area (Å²) in [6.07, 6.45) is 0.452. The summed E-state index contributed by atoms with van der Waals surface area (Å²) < 4.78 is 10.5. The van der Waals surface area contributed by atoms with Crippen molar-refractivity contribution in [3.63, 3.8) is 0 Å². The molecular weight excluding hydrogens is 398 g/mol. The molecule has 1 N–H and O–H groups in total. The lowest BCUT2D eigenvalue weighted by Crippen LogP contribution is -2.53. The van der Waals surface area contributed by atoms with E-state index in [-0.39, 0.29) is 17.6 Å². The Morgan fingerprint density at radius 3 is 2.23 bits per heavy atom. The summed E-state index contributed by atoms with van der Waals surface area (Å²) in [4.78, 5) is 41.7.